The third-order valence-electron chi connectivity index (χ3n) is 2.60. The van der Waals surface area contributed by atoms with Crippen LogP contribution in [-0.2, 0) is 10.0 Å². The summed E-state index contributed by atoms with van der Waals surface area (Å²) in [5.41, 5.74) is 1.04. The maximum Gasteiger partial charge on any atom is 0.240 e. The standard InChI is InChI=1S/C13H19NO2S/c1-4-6-12(5-2)14-17(15,16)13-9-7-11(3)8-10-13/h4,7-10,12,14H,1,5-6H2,2-3H3. The van der Waals surface area contributed by atoms with Gasteiger partial charge in [-0.2, -0.15) is 0 Å². The third kappa shape index (κ3) is 3.98. The summed E-state index contributed by atoms with van der Waals surface area (Å²) in [7, 11) is -3.41. The van der Waals surface area contributed by atoms with Gasteiger partial charge >= 0.3 is 0 Å². The Kier molecular flexibility index (Phi) is 4.90. The fourth-order valence-electron chi connectivity index (χ4n) is 1.50. The van der Waals surface area contributed by atoms with Gasteiger partial charge in [0.05, 0.1) is 4.90 Å². The molecule has 1 rings (SSSR count). The largest absolute Gasteiger partial charge is 0.240 e. The zero-order chi connectivity index (χ0) is 12.9. The van der Waals surface area contributed by atoms with Crippen molar-refractivity contribution < 1.29 is 8.42 Å². The summed E-state index contributed by atoms with van der Waals surface area (Å²) >= 11 is 0. The van der Waals surface area contributed by atoms with Gasteiger partial charge in [-0.3, -0.25) is 0 Å². The summed E-state index contributed by atoms with van der Waals surface area (Å²) in [6, 6.07) is 6.75. The monoisotopic (exact) mass is 253 g/mol. The third-order valence-corrected chi connectivity index (χ3v) is 4.13. The van der Waals surface area contributed by atoms with Crippen LogP contribution in [0.3, 0.4) is 0 Å². The quantitative estimate of drug-likeness (QED) is 0.792. The van der Waals surface area contributed by atoms with Crippen LogP contribution in [0.2, 0.25) is 0 Å². The summed E-state index contributed by atoms with van der Waals surface area (Å²) in [5.74, 6) is 0. The maximum absolute atomic E-state index is 12.0. The molecule has 0 bridgehead atoms. The first-order valence-corrected chi connectivity index (χ1v) is 7.17. The molecule has 0 spiro atoms. The van der Waals surface area contributed by atoms with E-state index in [2.05, 4.69) is 11.3 Å². The topological polar surface area (TPSA) is 46.2 Å². The predicted molar refractivity (Wildman–Crippen MR) is 70.4 cm³/mol. The Morgan fingerprint density at radius 1 is 1.35 bits per heavy atom. The molecule has 0 heterocycles. The summed E-state index contributed by atoms with van der Waals surface area (Å²) in [4.78, 5) is 0.311. The van der Waals surface area contributed by atoms with E-state index in [4.69, 9.17) is 0 Å². The van der Waals surface area contributed by atoms with Gasteiger partial charge in [0.25, 0.3) is 0 Å². The first kappa shape index (κ1) is 13.9. The van der Waals surface area contributed by atoms with Crippen LogP contribution >= 0.6 is 0 Å². The minimum Gasteiger partial charge on any atom is -0.208 e. The van der Waals surface area contributed by atoms with Crippen molar-refractivity contribution >= 4 is 10.0 Å². The second-order valence-corrected chi connectivity index (χ2v) is 5.78. The van der Waals surface area contributed by atoms with Crippen LogP contribution in [0.4, 0.5) is 0 Å². The molecule has 1 aromatic rings. The van der Waals surface area contributed by atoms with Gasteiger partial charge in [0, 0.05) is 6.04 Å². The smallest absolute Gasteiger partial charge is 0.208 e. The van der Waals surface area contributed by atoms with Crippen LogP contribution in [0, 0.1) is 6.92 Å². The fraction of sp³-hybridized carbons (Fsp3) is 0.385. The lowest BCUT2D eigenvalue weighted by Crippen LogP contribution is -2.33. The Morgan fingerprint density at radius 3 is 2.41 bits per heavy atom. The Bertz CT molecular complexity index is 463. The average molecular weight is 253 g/mol. The van der Waals surface area contributed by atoms with Crippen LogP contribution in [0.25, 0.3) is 0 Å². The highest BCUT2D eigenvalue weighted by Crippen LogP contribution is 2.12. The van der Waals surface area contributed by atoms with E-state index < -0.39 is 10.0 Å². The van der Waals surface area contributed by atoms with Gasteiger partial charge in [0.15, 0.2) is 0 Å². The van der Waals surface area contributed by atoms with Gasteiger partial charge < -0.3 is 0 Å². The second kappa shape index (κ2) is 5.98. The molecule has 4 heteroatoms. The molecular weight excluding hydrogens is 234 g/mol. The van der Waals surface area contributed by atoms with E-state index in [1.165, 1.54) is 0 Å². The Hall–Kier alpha value is -1.13. The number of hydrogen-bond donors (Lipinski definition) is 1. The number of aryl methyl sites for hydroxylation is 1. The van der Waals surface area contributed by atoms with Crippen LogP contribution in [0.5, 0.6) is 0 Å². The molecule has 1 aromatic carbocycles. The van der Waals surface area contributed by atoms with E-state index in [0.29, 0.717) is 11.3 Å². The number of benzene rings is 1. The normalized spacial score (nSPS) is 13.3. The SMILES string of the molecule is C=CCC(CC)NS(=O)(=O)c1ccc(C)cc1. The van der Waals surface area contributed by atoms with Gasteiger partial charge in [-0.1, -0.05) is 30.7 Å². The Morgan fingerprint density at radius 2 is 1.94 bits per heavy atom. The fourth-order valence-corrected chi connectivity index (χ4v) is 2.84. The van der Waals surface area contributed by atoms with E-state index in [9.17, 15) is 8.42 Å². The Balaban J connectivity index is 2.87. The summed E-state index contributed by atoms with van der Waals surface area (Å²) < 4.78 is 26.8. The van der Waals surface area contributed by atoms with Crippen molar-refractivity contribution in [3.63, 3.8) is 0 Å². The van der Waals surface area contributed by atoms with Crippen molar-refractivity contribution in [2.45, 2.75) is 37.6 Å². The van der Waals surface area contributed by atoms with Crippen LogP contribution in [0.15, 0.2) is 41.8 Å². The molecule has 0 aliphatic rings. The molecule has 1 unspecified atom stereocenters. The Labute approximate surface area is 104 Å². The number of nitrogens with one attached hydrogen (secondary N) is 1. The van der Waals surface area contributed by atoms with Crippen molar-refractivity contribution in [1.29, 1.82) is 0 Å². The number of sulfonamides is 1. The van der Waals surface area contributed by atoms with Crippen molar-refractivity contribution in [2.24, 2.45) is 0 Å². The van der Waals surface area contributed by atoms with Gasteiger partial charge in [-0.25, -0.2) is 13.1 Å². The summed E-state index contributed by atoms with van der Waals surface area (Å²) in [5, 5.41) is 0. The highest BCUT2D eigenvalue weighted by atomic mass is 32.2. The molecule has 0 aliphatic heterocycles. The van der Waals surface area contributed by atoms with Crippen LogP contribution in [-0.4, -0.2) is 14.5 Å². The second-order valence-electron chi connectivity index (χ2n) is 4.06. The van der Waals surface area contributed by atoms with Crippen molar-refractivity contribution in [1.82, 2.24) is 4.72 Å². The molecule has 17 heavy (non-hydrogen) atoms. The lowest BCUT2D eigenvalue weighted by molar-refractivity contribution is 0.541. The van der Waals surface area contributed by atoms with Crippen molar-refractivity contribution in [3.05, 3.63) is 42.5 Å². The van der Waals surface area contributed by atoms with E-state index >= 15 is 0 Å². The first-order chi connectivity index (χ1) is 7.99. The average Bonchev–Trinajstić information content (AvgIpc) is 2.28. The van der Waals surface area contributed by atoms with E-state index in [0.717, 1.165) is 12.0 Å². The number of hydrogen-bond acceptors (Lipinski definition) is 2. The summed E-state index contributed by atoms with van der Waals surface area (Å²) in [6.45, 7) is 7.51. The van der Waals surface area contributed by atoms with Crippen LogP contribution in [0.1, 0.15) is 25.3 Å². The maximum atomic E-state index is 12.0. The van der Waals surface area contributed by atoms with Crippen LogP contribution < -0.4 is 4.72 Å². The lowest BCUT2D eigenvalue weighted by Gasteiger charge is -2.15. The van der Waals surface area contributed by atoms with E-state index in [-0.39, 0.29) is 6.04 Å². The van der Waals surface area contributed by atoms with Crippen molar-refractivity contribution in [3.8, 4) is 0 Å². The molecule has 94 valence electrons. The molecule has 0 aliphatic carbocycles. The minimum absolute atomic E-state index is 0.0844. The van der Waals surface area contributed by atoms with E-state index in [1.807, 2.05) is 13.8 Å². The first-order valence-electron chi connectivity index (χ1n) is 5.69. The van der Waals surface area contributed by atoms with E-state index in [1.54, 1.807) is 30.3 Å². The molecule has 1 atom stereocenters. The van der Waals surface area contributed by atoms with Crippen molar-refractivity contribution in [2.75, 3.05) is 0 Å². The summed E-state index contributed by atoms with van der Waals surface area (Å²) in [6.07, 6.45) is 3.12. The molecule has 0 saturated heterocycles. The number of rotatable bonds is 6. The zero-order valence-electron chi connectivity index (χ0n) is 10.3. The molecule has 0 saturated carbocycles. The molecule has 0 radical (unpaired) electrons. The predicted octanol–water partition coefficient (Wildman–Crippen LogP) is 2.63. The molecule has 0 aromatic heterocycles. The molecular formula is C13H19NO2S. The highest BCUT2D eigenvalue weighted by Gasteiger charge is 2.17. The molecule has 3 nitrogen and oxygen atoms in total. The molecule has 0 fully saturated rings. The van der Waals surface area contributed by atoms with Gasteiger partial charge in [-0.05, 0) is 31.9 Å². The highest BCUT2D eigenvalue weighted by molar-refractivity contribution is 7.89. The van der Waals surface area contributed by atoms with Gasteiger partial charge in [-0.15, -0.1) is 6.58 Å². The molecule has 0 amide bonds. The lowest BCUT2D eigenvalue weighted by atomic mass is 10.2. The van der Waals surface area contributed by atoms with Gasteiger partial charge in [0.1, 0.15) is 0 Å². The van der Waals surface area contributed by atoms with Gasteiger partial charge in [0.2, 0.25) is 10.0 Å². The minimum atomic E-state index is -3.41. The molecule has 1 N–H and O–H groups in total. The zero-order valence-corrected chi connectivity index (χ0v) is 11.1.